The lowest BCUT2D eigenvalue weighted by Crippen LogP contribution is -2.29. The van der Waals surface area contributed by atoms with Crippen LogP contribution in [0, 0.1) is 5.92 Å². The number of nitrogens with one attached hydrogen (secondary N) is 1. The molecule has 0 aromatic heterocycles. The average Bonchev–Trinajstić information content (AvgIpc) is 3.43. The molecule has 0 saturated carbocycles. The van der Waals surface area contributed by atoms with E-state index in [0.29, 0.717) is 17.1 Å². The van der Waals surface area contributed by atoms with Crippen LogP contribution in [-0.4, -0.2) is 38.6 Å². The summed E-state index contributed by atoms with van der Waals surface area (Å²) in [5, 5.41) is 2.67. The van der Waals surface area contributed by atoms with Crippen LogP contribution in [0.25, 0.3) is 0 Å². The maximum atomic E-state index is 13.3. The van der Waals surface area contributed by atoms with Gasteiger partial charge in [-0.1, -0.05) is 12.1 Å². The van der Waals surface area contributed by atoms with E-state index in [9.17, 15) is 22.8 Å². The molecule has 4 rings (SSSR count). The second-order valence-corrected chi connectivity index (χ2v) is 7.99. The third kappa shape index (κ3) is 4.37. The summed E-state index contributed by atoms with van der Waals surface area (Å²) >= 11 is 0. The van der Waals surface area contributed by atoms with Crippen LogP contribution in [0.2, 0.25) is 0 Å². The third-order valence-corrected chi connectivity index (χ3v) is 5.90. The molecule has 2 fully saturated rings. The first kappa shape index (κ1) is 22.0. The van der Waals surface area contributed by atoms with Crippen molar-refractivity contribution in [1.82, 2.24) is 0 Å². The SMILES string of the molecule is COc1ccccc1N1C[C@@H](C(=O)Nc2cc(C(F)(F)F)ccc2N2CCCC2)CC1=O. The minimum atomic E-state index is -4.52. The van der Waals surface area contributed by atoms with E-state index in [1.54, 1.807) is 24.3 Å². The molecule has 0 unspecified atom stereocenters. The molecule has 2 aromatic rings. The van der Waals surface area contributed by atoms with Gasteiger partial charge in [0.1, 0.15) is 5.75 Å². The lowest BCUT2D eigenvalue weighted by molar-refractivity contribution is -0.137. The van der Waals surface area contributed by atoms with Crippen LogP contribution in [0.15, 0.2) is 42.5 Å². The van der Waals surface area contributed by atoms with Crippen molar-refractivity contribution in [2.24, 2.45) is 5.92 Å². The van der Waals surface area contributed by atoms with Gasteiger partial charge >= 0.3 is 6.18 Å². The van der Waals surface area contributed by atoms with Crippen molar-refractivity contribution in [3.63, 3.8) is 0 Å². The number of alkyl halides is 3. The number of amides is 2. The van der Waals surface area contributed by atoms with Gasteiger partial charge in [0.25, 0.3) is 0 Å². The minimum Gasteiger partial charge on any atom is -0.495 e. The molecule has 6 nitrogen and oxygen atoms in total. The van der Waals surface area contributed by atoms with Gasteiger partial charge in [-0.3, -0.25) is 9.59 Å². The predicted octanol–water partition coefficient (Wildman–Crippen LogP) is 4.31. The highest BCUT2D eigenvalue weighted by atomic mass is 19.4. The van der Waals surface area contributed by atoms with Crippen LogP contribution in [0.4, 0.5) is 30.2 Å². The topological polar surface area (TPSA) is 61.9 Å². The predicted molar refractivity (Wildman–Crippen MR) is 115 cm³/mol. The maximum Gasteiger partial charge on any atom is 0.416 e. The first-order valence-corrected chi connectivity index (χ1v) is 10.5. The van der Waals surface area contributed by atoms with Crippen molar-refractivity contribution in [1.29, 1.82) is 0 Å². The standard InChI is InChI=1S/C23H24F3N3O3/c1-32-20-7-3-2-6-19(20)29-14-15(12-21(29)30)22(31)27-17-13-16(23(24,25)26)8-9-18(17)28-10-4-5-11-28/h2-3,6-9,13,15H,4-5,10-12,14H2,1H3,(H,27,31)/t15-/m0/s1. The van der Waals surface area contributed by atoms with Crippen molar-refractivity contribution in [3.05, 3.63) is 48.0 Å². The number of nitrogens with zero attached hydrogens (tertiary/aromatic N) is 2. The van der Waals surface area contributed by atoms with Crippen LogP contribution < -0.4 is 19.9 Å². The lowest BCUT2D eigenvalue weighted by Gasteiger charge is -2.24. The smallest absolute Gasteiger partial charge is 0.416 e. The summed E-state index contributed by atoms with van der Waals surface area (Å²) in [5.74, 6) is -0.890. The largest absolute Gasteiger partial charge is 0.495 e. The third-order valence-electron chi connectivity index (χ3n) is 5.90. The molecule has 9 heteroatoms. The molecule has 0 radical (unpaired) electrons. The molecule has 2 amide bonds. The summed E-state index contributed by atoms with van der Waals surface area (Å²) in [5.41, 5.74) is 0.422. The van der Waals surface area contributed by atoms with E-state index in [0.717, 1.165) is 38.1 Å². The highest BCUT2D eigenvalue weighted by Crippen LogP contribution is 2.38. The summed E-state index contributed by atoms with van der Waals surface area (Å²) in [7, 11) is 1.50. The molecule has 2 saturated heterocycles. The van der Waals surface area contributed by atoms with Crippen LogP contribution >= 0.6 is 0 Å². The second kappa shape index (κ2) is 8.72. The van der Waals surface area contributed by atoms with Gasteiger partial charge in [-0.25, -0.2) is 0 Å². The maximum absolute atomic E-state index is 13.3. The van der Waals surface area contributed by atoms with E-state index < -0.39 is 23.6 Å². The van der Waals surface area contributed by atoms with Gasteiger partial charge in [-0.2, -0.15) is 13.2 Å². The van der Waals surface area contributed by atoms with E-state index in [1.807, 2.05) is 4.90 Å². The molecule has 2 aliphatic heterocycles. The summed E-state index contributed by atoms with van der Waals surface area (Å²) in [6.45, 7) is 1.57. The Morgan fingerprint density at radius 2 is 1.81 bits per heavy atom. The van der Waals surface area contributed by atoms with Crippen molar-refractivity contribution < 1.29 is 27.5 Å². The number of carbonyl (C=O) groups is 2. The van der Waals surface area contributed by atoms with Gasteiger partial charge in [-0.15, -0.1) is 0 Å². The number of anilines is 3. The zero-order valence-electron chi connectivity index (χ0n) is 17.6. The molecule has 0 aliphatic carbocycles. The Kier molecular flexibility index (Phi) is 5.99. The molecule has 2 aliphatic rings. The summed E-state index contributed by atoms with van der Waals surface area (Å²) in [6, 6.07) is 10.4. The molecule has 1 N–H and O–H groups in total. The van der Waals surface area contributed by atoms with Gasteiger partial charge in [0.05, 0.1) is 35.7 Å². The van der Waals surface area contributed by atoms with Crippen molar-refractivity contribution >= 4 is 28.9 Å². The Balaban J connectivity index is 1.56. The molecule has 0 bridgehead atoms. The van der Waals surface area contributed by atoms with E-state index >= 15 is 0 Å². The fourth-order valence-electron chi connectivity index (χ4n) is 4.25. The zero-order chi connectivity index (χ0) is 22.9. The van der Waals surface area contributed by atoms with Crippen LogP contribution in [0.3, 0.4) is 0 Å². The molecule has 2 heterocycles. The van der Waals surface area contributed by atoms with Gasteiger partial charge in [-0.05, 0) is 43.2 Å². The number of para-hydroxylation sites is 2. The van der Waals surface area contributed by atoms with Crippen molar-refractivity contribution in [2.75, 3.05) is 41.9 Å². The molecular formula is C23H24F3N3O3. The summed E-state index contributed by atoms with van der Waals surface area (Å²) in [6.07, 6.45) is -2.66. The first-order valence-electron chi connectivity index (χ1n) is 10.5. The zero-order valence-corrected chi connectivity index (χ0v) is 17.6. The number of rotatable bonds is 5. The van der Waals surface area contributed by atoms with Gasteiger partial charge in [0, 0.05) is 26.1 Å². The molecule has 170 valence electrons. The number of hydrogen-bond donors (Lipinski definition) is 1. The monoisotopic (exact) mass is 447 g/mol. The molecule has 1 atom stereocenters. The van der Waals surface area contributed by atoms with E-state index in [1.165, 1.54) is 18.1 Å². The number of halogens is 3. The fourth-order valence-corrected chi connectivity index (χ4v) is 4.25. The van der Waals surface area contributed by atoms with Crippen molar-refractivity contribution in [3.8, 4) is 5.75 Å². The highest BCUT2D eigenvalue weighted by Gasteiger charge is 2.37. The van der Waals surface area contributed by atoms with Crippen LogP contribution in [0.1, 0.15) is 24.8 Å². The second-order valence-electron chi connectivity index (χ2n) is 7.99. The average molecular weight is 447 g/mol. The Hall–Kier alpha value is -3.23. The fraction of sp³-hybridized carbons (Fsp3) is 0.391. The normalized spacial score (nSPS) is 18.9. The lowest BCUT2D eigenvalue weighted by atomic mass is 10.1. The summed E-state index contributed by atoms with van der Waals surface area (Å²) in [4.78, 5) is 29.1. The number of hydrogen-bond acceptors (Lipinski definition) is 4. The molecular weight excluding hydrogens is 423 g/mol. The van der Waals surface area contributed by atoms with Crippen molar-refractivity contribution in [2.45, 2.75) is 25.4 Å². The quantitative estimate of drug-likeness (QED) is 0.742. The summed E-state index contributed by atoms with van der Waals surface area (Å²) < 4.78 is 45.2. The first-order chi connectivity index (χ1) is 15.3. The van der Waals surface area contributed by atoms with E-state index in [-0.39, 0.29) is 24.6 Å². The molecule has 2 aromatic carbocycles. The Morgan fingerprint density at radius 1 is 1.09 bits per heavy atom. The van der Waals surface area contributed by atoms with E-state index in [4.69, 9.17) is 4.74 Å². The Bertz CT molecular complexity index is 1020. The molecule has 0 spiro atoms. The van der Waals surface area contributed by atoms with E-state index in [2.05, 4.69) is 5.32 Å². The Morgan fingerprint density at radius 3 is 2.50 bits per heavy atom. The van der Waals surface area contributed by atoms with Gasteiger partial charge < -0.3 is 19.9 Å². The number of carbonyl (C=O) groups excluding carboxylic acids is 2. The Labute approximate surface area is 183 Å². The number of ether oxygens (including phenoxy) is 1. The highest BCUT2D eigenvalue weighted by molar-refractivity contribution is 6.05. The van der Waals surface area contributed by atoms with Gasteiger partial charge in [0.2, 0.25) is 11.8 Å². The minimum absolute atomic E-state index is 0.0259. The van der Waals surface area contributed by atoms with Crippen LogP contribution in [-0.2, 0) is 15.8 Å². The van der Waals surface area contributed by atoms with Crippen LogP contribution in [0.5, 0.6) is 5.75 Å². The number of benzene rings is 2. The van der Waals surface area contributed by atoms with Gasteiger partial charge in [0.15, 0.2) is 0 Å². The number of methoxy groups -OCH3 is 1. The molecule has 32 heavy (non-hydrogen) atoms.